The third kappa shape index (κ3) is 8.27. The topological polar surface area (TPSA) is 143 Å². The standard InChI is InChI=1S/C23H23ClN4O6S/c1-35-13-10-20(26-22(30)18-14-17(28(32)33)8-9-19(18)24)23(31)34-15-21(29)27(12-5-11-25)16-6-3-2-4-7-16/h2-4,6-9,14,20H,5,10,12-13,15H2,1H3,(H,26,30)/t20-/m1/s1. The molecule has 0 radical (unpaired) electrons. The van der Waals surface area contributed by atoms with Gasteiger partial charge in [0.1, 0.15) is 6.04 Å². The Morgan fingerprint density at radius 2 is 1.97 bits per heavy atom. The number of nitro benzene ring substituents is 1. The maximum absolute atomic E-state index is 12.7. The van der Waals surface area contributed by atoms with Crippen molar-refractivity contribution in [2.75, 3.05) is 30.1 Å². The first-order chi connectivity index (χ1) is 16.8. The first-order valence-electron chi connectivity index (χ1n) is 10.4. The maximum Gasteiger partial charge on any atom is 0.329 e. The predicted octanol–water partition coefficient (Wildman–Crippen LogP) is 3.59. The molecule has 0 saturated carbocycles. The molecule has 35 heavy (non-hydrogen) atoms. The van der Waals surface area contributed by atoms with Crippen LogP contribution in [-0.2, 0) is 14.3 Å². The molecule has 2 rings (SSSR count). The molecule has 0 fully saturated rings. The molecule has 0 unspecified atom stereocenters. The number of benzene rings is 2. The van der Waals surface area contributed by atoms with Crippen molar-refractivity contribution in [3.63, 3.8) is 0 Å². The van der Waals surface area contributed by atoms with Gasteiger partial charge in [0, 0.05) is 24.4 Å². The summed E-state index contributed by atoms with van der Waals surface area (Å²) in [7, 11) is 0. The lowest BCUT2D eigenvalue weighted by Gasteiger charge is -2.23. The summed E-state index contributed by atoms with van der Waals surface area (Å²) in [4.78, 5) is 49.9. The fourth-order valence-electron chi connectivity index (χ4n) is 3.00. The summed E-state index contributed by atoms with van der Waals surface area (Å²) in [6.07, 6.45) is 2.10. The normalized spacial score (nSPS) is 11.1. The van der Waals surface area contributed by atoms with Crippen LogP contribution < -0.4 is 10.2 Å². The van der Waals surface area contributed by atoms with Crippen molar-refractivity contribution in [1.29, 1.82) is 5.26 Å². The second kappa shape index (κ2) is 13.9. The van der Waals surface area contributed by atoms with E-state index in [-0.39, 0.29) is 35.7 Å². The smallest absolute Gasteiger partial charge is 0.329 e. The quantitative estimate of drug-likeness (QED) is 0.255. The second-order valence-corrected chi connectivity index (χ2v) is 8.52. The van der Waals surface area contributed by atoms with Gasteiger partial charge in [-0.2, -0.15) is 17.0 Å². The van der Waals surface area contributed by atoms with E-state index in [0.717, 1.165) is 12.1 Å². The van der Waals surface area contributed by atoms with Gasteiger partial charge in [-0.25, -0.2) is 4.79 Å². The molecule has 0 aliphatic heterocycles. The lowest BCUT2D eigenvalue weighted by atomic mass is 10.1. The molecule has 0 spiro atoms. The molecule has 2 amide bonds. The summed E-state index contributed by atoms with van der Waals surface area (Å²) in [5.74, 6) is -1.66. The molecule has 0 saturated heterocycles. The molecule has 0 bridgehead atoms. The van der Waals surface area contributed by atoms with E-state index >= 15 is 0 Å². The summed E-state index contributed by atoms with van der Waals surface area (Å²) in [6, 6.07) is 12.9. The van der Waals surface area contributed by atoms with Crippen LogP contribution >= 0.6 is 23.4 Å². The molecule has 2 aromatic carbocycles. The van der Waals surface area contributed by atoms with Crippen LogP contribution in [0.25, 0.3) is 0 Å². The largest absolute Gasteiger partial charge is 0.454 e. The number of nitrogens with zero attached hydrogens (tertiary/aromatic N) is 3. The van der Waals surface area contributed by atoms with Gasteiger partial charge in [-0.1, -0.05) is 29.8 Å². The number of rotatable bonds is 12. The van der Waals surface area contributed by atoms with Crippen LogP contribution in [0.4, 0.5) is 11.4 Å². The lowest BCUT2D eigenvalue weighted by molar-refractivity contribution is -0.384. The zero-order chi connectivity index (χ0) is 25.8. The van der Waals surface area contributed by atoms with Crippen LogP contribution in [0.5, 0.6) is 0 Å². The molecule has 1 N–H and O–H groups in total. The van der Waals surface area contributed by atoms with E-state index in [1.54, 1.807) is 30.3 Å². The summed E-state index contributed by atoms with van der Waals surface area (Å²) in [5, 5.41) is 22.4. The van der Waals surface area contributed by atoms with Gasteiger partial charge in [0.25, 0.3) is 17.5 Å². The average Bonchev–Trinajstić information content (AvgIpc) is 2.85. The number of halogens is 1. The Hall–Kier alpha value is -3.62. The third-order valence-electron chi connectivity index (χ3n) is 4.76. The summed E-state index contributed by atoms with van der Waals surface area (Å²) >= 11 is 7.46. The highest BCUT2D eigenvalue weighted by molar-refractivity contribution is 7.98. The minimum atomic E-state index is -1.11. The van der Waals surface area contributed by atoms with Gasteiger partial charge >= 0.3 is 5.97 Å². The SMILES string of the molecule is CSCC[C@@H](NC(=O)c1cc([N+](=O)[O-])ccc1Cl)C(=O)OCC(=O)N(CCC#N)c1ccccc1. The van der Waals surface area contributed by atoms with E-state index in [2.05, 4.69) is 5.32 Å². The average molecular weight is 519 g/mol. The molecule has 2 aromatic rings. The Morgan fingerprint density at radius 1 is 1.26 bits per heavy atom. The van der Waals surface area contributed by atoms with Crippen LogP contribution in [0.15, 0.2) is 48.5 Å². The number of esters is 1. The molecule has 0 heterocycles. The molecule has 12 heteroatoms. The van der Waals surface area contributed by atoms with Gasteiger partial charge < -0.3 is 15.0 Å². The Kier molecular flexibility index (Phi) is 11.0. The molecule has 0 aromatic heterocycles. The number of carbonyl (C=O) groups excluding carboxylic acids is 3. The monoisotopic (exact) mass is 518 g/mol. The first kappa shape index (κ1) is 27.6. The van der Waals surface area contributed by atoms with Gasteiger partial charge in [-0.3, -0.25) is 19.7 Å². The molecular formula is C23H23ClN4O6S. The molecule has 0 aliphatic rings. The highest BCUT2D eigenvalue weighted by atomic mass is 35.5. The van der Waals surface area contributed by atoms with Crippen molar-refractivity contribution >= 4 is 52.5 Å². The van der Waals surface area contributed by atoms with Crippen molar-refractivity contribution in [2.24, 2.45) is 0 Å². The minimum absolute atomic E-state index is 0.0174. The van der Waals surface area contributed by atoms with Crippen molar-refractivity contribution in [3.8, 4) is 6.07 Å². The zero-order valence-corrected chi connectivity index (χ0v) is 20.4. The number of hydrogen-bond acceptors (Lipinski definition) is 8. The highest BCUT2D eigenvalue weighted by Gasteiger charge is 2.26. The first-order valence-corrected chi connectivity index (χ1v) is 12.2. The number of nitriles is 1. The summed E-state index contributed by atoms with van der Waals surface area (Å²) in [6.45, 7) is -0.475. The number of carbonyl (C=O) groups is 3. The fourth-order valence-corrected chi connectivity index (χ4v) is 3.68. The molecule has 10 nitrogen and oxygen atoms in total. The number of ether oxygens (including phenoxy) is 1. The predicted molar refractivity (Wildman–Crippen MR) is 132 cm³/mol. The van der Waals surface area contributed by atoms with Crippen LogP contribution in [0.3, 0.4) is 0 Å². The van der Waals surface area contributed by atoms with Gasteiger partial charge in [0.05, 0.1) is 28.0 Å². The van der Waals surface area contributed by atoms with Gasteiger partial charge in [0.2, 0.25) is 0 Å². The zero-order valence-electron chi connectivity index (χ0n) is 18.8. The van der Waals surface area contributed by atoms with Crippen molar-refractivity contribution in [2.45, 2.75) is 18.9 Å². The van der Waals surface area contributed by atoms with Crippen molar-refractivity contribution < 1.29 is 24.0 Å². The number of non-ortho nitro benzene ring substituents is 1. The van der Waals surface area contributed by atoms with E-state index in [9.17, 15) is 24.5 Å². The van der Waals surface area contributed by atoms with E-state index < -0.39 is 35.4 Å². The van der Waals surface area contributed by atoms with Crippen LogP contribution in [0, 0.1) is 21.4 Å². The van der Waals surface area contributed by atoms with Crippen LogP contribution in [0.1, 0.15) is 23.2 Å². The third-order valence-corrected chi connectivity index (χ3v) is 5.73. The molecule has 1 atom stereocenters. The molecule has 184 valence electrons. The number of nitrogens with one attached hydrogen (secondary N) is 1. The number of nitro groups is 1. The van der Waals surface area contributed by atoms with Gasteiger partial charge in [-0.05, 0) is 36.6 Å². The molecular weight excluding hydrogens is 496 g/mol. The number of amides is 2. The second-order valence-electron chi connectivity index (χ2n) is 7.13. The maximum atomic E-state index is 12.7. The summed E-state index contributed by atoms with van der Waals surface area (Å²) in [5.41, 5.74) is 0.0637. The Balaban J connectivity index is 2.11. The van der Waals surface area contributed by atoms with Crippen molar-refractivity contribution in [1.82, 2.24) is 5.32 Å². The lowest BCUT2D eigenvalue weighted by Crippen LogP contribution is -2.44. The number of para-hydroxylation sites is 1. The van der Waals surface area contributed by atoms with E-state index in [1.165, 1.54) is 22.7 Å². The van der Waals surface area contributed by atoms with E-state index in [4.69, 9.17) is 21.6 Å². The highest BCUT2D eigenvalue weighted by Crippen LogP contribution is 2.22. The van der Waals surface area contributed by atoms with Crippen LogP contribution in [-0.4, -0.2) is 53.9 Å². The molecule has 0 aliphatic carbocycles. The Morgan fingerprint density at radius 3 is 2.60 bits per heavy atom. The van der Waals surface area contributed by atoms with Gasteiger partial charge in [0.15, 0.2) is 6.61 Å². The number of hydrogen-bond donors (Lipinski definition) is 1. The minimum Gasteiger partial charge on any atom is -0.454 e. The Bertz CT molecular complexity index is 1110. The number of anilines is 1. The van der Waals surface area contributed by atoms with Crippen molar-refractivity contribution in [3.05, 3.63) is 69.2 Å². The van der Waals surface area contributed by atoms with Gasteiger partial charge in [-0.15, -0.1) is 0 Å². The van der Waals surface area contributed by atoms with Crippen LogP contribution in [0.2, 0.25) is 5.02 Å². The van der Waals surface area contributed by atoms with E-state index in [1.807, 2.05) is 12.3 Å². The number of thioether (sulfide) groups is 1. The summed E-state index contributed by atoms with van der Waals surface area (Å²) < 4.78 is 5.20. The van der Waals surface area contributed by atoms with E-state index in [0.29, 0.717) is 11.4 Å². The fraction of sp³-hybridized carbons (Fsp3) is 0.304. The Labute approximate surface area is 211 Å².